The second-order valence-corrected chi connectivity index (χ2v) is 15.0. The van der Waals surface area contributed by atoms with Gasteiger partial charge in [-0.05, 0) is 12.8 Å². The molecule has 0 aliphatic carbocycles. The molecule has 3 fully saturated rings. The molecule has 15 nitrogen and oxygen atoms in total. The van der Waals surface area contributed by atoms with Crippen LogP contribution in [0.4, 0.5) is 4.79 Å². The summed E-state index contributed by atoms with van der Waals surface area (Å²) >= 11 is 1.85. The number of carbonyl (C=O) groups is 6. The summed E-state index contributed by atoms with van der Waals surface area (Å²) in [5.74, 6) is -1.91. The molecule has 3 rings (SSSR count). The Morgan fingerprint density at radius 1 is 1.00 bits per heavy atom. The van der Waals surface area contributed by atoms with Crippen LogP contribution >= 0.6 is 33.3 Å². The Kier molecular flexibility index (Phi) is 12.9. The fraction of sp³-hybridized carbons (Fsp3) is 0.727. The van der Waals surface area contributed by atoms with Crippen LogP contribution < -0.4 is 21.3 Å². The number of carbonyl (C=O) groups excluding carboxylic acids is 6. The number of imide groups is 1. The third-order valence-electron chi connectivity index (χ3n) is 6.35. The highest BCUT2D eigenvalue weighted by molar-refractivity contribution is 8.76. The Morgan fingerprint density at radius 2 is 1.66 bits per heavy atom. The molecule has 0 bridgehead atoms. The molecule has 1 unspecified atom stereocenters. The molecule has 5 N–H and O–H groups in total. The minimum atomic E-state index is -4.78. The fourth-order valence-electron chi connectivity index (χ4n) is 4.29. The second kappa shape index (κ2) is 15.9. The number of hydrogen-bond donors (Lipinski definition) is 5. The molecule has 0 aromatic rings. The summed E-state index contributed by atoms with van der Waals surface area (Å²) in [5.41, 5.74) is 0. The second-order valence-electron chi connectivity index (χ2n) is 9.41. The number of nitrogens with zero attached hydrogens (tertiary/aromatic N) is 1. The van der Waals surface area contributed by atoms with Crippen molar-refractivity contribution in [2.75, 3.05) is 30.3 Å². The zero-order valence-corrected chi connectivity index (χ0v) is 25.3. The van der Waals surface area contributed by atoms with Crippen molar-refractivity contribution in [3.05, 3.63) is 0 Å². The monoisotopic (exact) mass is 655 g/mol. The van der Waals surface area contributed by atoms with Crippen LogP contribution in [0.15, 0.2) is 0 Å². The molecular weight excluding hydrogens is 623 g/mol. The van der Waals surface area contributed by atoms with Crippen molar-refractivity contribution >= 4 is 79.1 Å². The van der Waals surface area contributed by atoms with Gasteiger partial charge in [-0.2, -0.15) is 20.2 Å². The highest BCUT2D eigenvalue weighted by Crippen LogP contribution is 2.33. The minimum absolute atomic E-state index is 0.0620. The number of rotatable bonds is 17. The van der Waals surface area contributed by atoms with E-state index in [4.69, 9.17) is 4.55 Å². The van der Waals surface area contributed by atoms with Crippen LogP contribution in [0.3, 0.4) is 0 Å². The highest BCUT2D eigenvalue weighted by Gasteiger charge is 2.48. The number of unbranched alkanes of at least 4 members (excludes halogenated alkanes) is 1. The van der Waals surface area contributed by atoms with E-state index < -0.39 is 39.6 Å². The smallest absolute Gasteiger partial charge is 0.334 e. The molecule has 0 saturated carbocycles. The summed E-state index contributed by atoms with van der Waals surface area (Å²) in [7, 11) is -2.18. The zero-order valence-electron chi connectivity index (χ0n) is 22.0. The van der Waals surface area contributed by atoms with Crippen LogP contribution in [0, 0.1) is 0 Å². The number of hydroxylamine groups is 2. The molecule has 6 amide bonds. The van der Waals surface area contributed by atoms with Crippen molar-refractivity contribution < 1.29 is 46.6 Å². The lowest BCUT2D eigenvalue weighted by Gasteiger charge is -2.16. The topological polar surface area (TPSA) is 217 Å². The maximum absolute atomic E-state index is 12.0. The van der Waals surface area contributed by atoms with Crippen molar-refractivity contribution in [1.29, 1.82) is 0 Å². The SMILES string of the molecule is O=C(CCCC[C@@H]1SC[C@@H]2NC(=O)N[C@@H]21)NCCNC(=O)CCSSCCC(=O)ON1C(=O)CC(S(=O)(=O)O)C1=O. The molecule has 4 atom stereocenters. The average Bonchev–Trinajstić information content (AvgIpc) is 3.54. The number of thioether (sulfide) groups is 1. The van der Waals surface area contributed by atoms with Gasteiger partial charge in [-0.25, -0.2) is 9.59 Å². The first kappa shape index (κ1) is 33.3. The van der Waals surface area contributed by atoms with Gasteiger partial charge < -0.3 is 26.1 Å². The van der Waals surface area contributed by atoms with E-state index in [2.05, 4.69) is 26.1 Å². The quantitative estimate of drug-likeness (QED) is 0.0443. The zero-order chi connectivity index (χ0) is 30.0. The minimum Gasteiger partial charge on any atom is -0.354 e. The van der Waals surface area contributed by atoms with E-state index in [9.17, 15) is 37.2 Å². The van der Waals surface area contributed by atoms with Gasteiger partial charge >= 0.3 is 12.0 Å². The molecule has 0 aromatic carbocycles. The Hall–Kier alpha value is -2.22. The van der Waals surface area contributed by atoms with Crippen LogP contribution in [0.25, 0.3) is 0 Å². The van der Waals surface area contributed by atoms with Crippen molar-refractivity contribution in [2.24, 2.45) is 0 Å². The summed E-state index contributed by atoms with van der Waals surface area (Å²) in [6.45, 7) is 0.622. The average molecular weight is 656 g/mol. The van der Waals surface area contributed by atoms with Gasteiger partial charge in [0.05, 0.1) is 24.9 Å². The molecule has 3 aliphatic rings. The van der Waals surface area contributed by atoms with Crippen molar-refractivity contribution in [2.45, 2.75) is 67.5 Å². The standard InChI is InChI=1S/C22H33N5O10S4/c28-16(4-2-1-3-14-20-13(12-38-14)25-22(33)26-20)23-7-8-24-17(29)5-9-39-40-10-6-19(31)37-27-18(30)11-15(21(27)32)41(34,35)36/h13-15,20H,1-12H2,(H,23,28)(H,24,29)(H2,25,26,33)(H,34,35,36)/t13-,14-,15?,20-/m0/s1. The fourth-order valence-corrected chi connectivity index (χ4v) is 8.50. The number of nitrogens with one attached hydrogen (secondary N) is 4. The van der Waals surface area contributed by atoms with E-state index in [-0.39, 0.29) is 53.6 Å². The van der Waals surface area contributed by atoms with Gasteiger partial charge in [0.2, 0.25) is 11.8 Å². The van der Waals surface area contributed by atoms with Gasteiger partial charge in [0.15, 0.2) is 5.25 Å². The first-order valence-corrected chi connectivity index (χ1v) is 18.0. The Bertz CT molecular complexity index is 1120. The normalized spacial score (nSPS) is 23.6. The molecule has 3 heterocycles. The Labute approximate surface area is 249 Å². The maximum Gasteiger partial charge on any atom is 0.334 e. The van der Waals surface area contributed by atoms with Gasteiger partial charge in [0.1, 0.15) is 0 Å². The molecule has 0 aromatic heterocycles. The summed E-state index contributed by atoms with van der Waals surface area (Å²) in [6.07, 6.45) is 2.25. The molecule has 41 heavy (non-hydrogen) atoms. The van der Waals surface area contributed by atoms with E-state index in [1.54, 1.807) is 0 Å². The van der Waals surface area contributed by atoms with Gasteiger partial charge in [0.25, 0.3) is 21.9 Å². The third-order valence-corrected chi connectivity index (χ3v) is 11.4. The van der Waals surface area contributed by atoms with Crippen LogP contribution in [0.1, 0.15) is 44.9 Å². The van der Waals surface area contributed by atoms with Crippen molar-refractivity contribution in [3.8, 4) is 0 Å². The molecule has 3 aliphatic heterocycles. The summed E-state index contributed by atoms with van der Waals surface area (Å²) in [4.78, 5) is 75.4. The first-order chi connectivity index (χ1) is 19.5. The van der Waals surface area contributed by atoms with E-state index in [0.717, 1.165) is 25.0 Å². The van der Waals surface area contributed by atoms with Gasteiger partial charge in [-0.3, -0.25) is 23.7 Å². The lowest BCUT2D eigenvalue weighted by molar-refractivity contribution is -0.197. The molecule has 230 valence electrons. The summed E-state index contributed by atoms with van der Waals surface area (Å²) < 4.78 is 31.2. The van der Waals surface area contributed by atoms with E-state index >= 15 is 0 Å². The van der Waals surface area contributed by atoms with E-state index in [1.807, 2.05) is 11.8 Å². The van der Waals surface area contributed by atoms with Gasteiger partial charge in [0, 0.05) is 48.4 Å². The molecule has 3 saturated heterocycles. The summed E-state index contributed by atoms with van der Waals surface area (Å²) in [5, 5.41) is 9.82. The summed E-state index contributed by atoms with van der Waals surface area (Å²) in [6, 6.07) is 0.258. The molecule has 0 radical (unpaired) electrons. The van der Waals surface area contributed by atoms with Crippen molar-refractivity contribution in [1.82, 2.24) is 26.3 Å². The van der Waals surface area contributed by atoms with E-state index in [0.29, 0.717) is 30.5 Å². The lowest BCUT2D eigenvalue weighted by Crippen LogP contribution is -2.36. The predicted octanol–water partition coefficient (Wildman–Crippen LogP) is -0.420. The van der Waals surface area contributed by atoms with Crippen molar-refractivity contribution in [3.63, 3.8) is 0 Å². The van der Waals surface area contributed by atoms with Gasteiger partial charge in [-0.15, -0.1) is 5.06 Å². The predicted molar refractivity (Wildman–Crippen MR) is 152 cm³/mol. The number of urea groups is 1. The van der Waals surface area contributed by atoms with Gasteiger partial charge in [-0.1, -0.05) is 28.0 Å². The van der Waals surface area contributed by atoms with Crippen LogP contribution in [-0.4, -0.2) is 107 Å². The van der Waals surface area contributed by atoms with Crippen LogP contribution in [-0.2, 0) is 38.9 Å². The van der Waals surface area contributed by atoms with E-state index in [1.165, 1.54) is 21.6 Å². The van der Waals surface area contributed by atoms with Crippen LogP contribution in [0.5, 0.6) is 0 Å². The third kappa shape index (κ3) is 10.5. The van der Waals surface area contributed by atoms with Crippen LogP contribution in [0.2, 0.25) is 0 Å². The number of hydrogen-bond acceptors (Lipinski definition) is 12. The maximum atomic E-state index is 12.0. The Balaban J connectivity index is 1.13. The molecule has 0 spiro atoms. The molecular formula is C22H33N5O10S4. The molecule has 19 heteroatoms. The Morgan fingerprint density at radius 3 is 2.32 bits per heavy atom. The lowest BCUT2D eigenvalue weighted by atomic mass is 10.0. The first-order valence-electron chi connectivity index (χ1n) is 13.0. The number of fused-ring (bicyclic) bond motifs is 1. The largest absolute Gasteiger partial charge is 0.354 e. The highest BCUT2D eigenvalue weighted by atomic mass is 33.1. The number of amides is 6.